The van der Waals surface area contributed by atoms with E-state index in [1.54, 1.807) is 14.0 Å². The summed E-state index contributed by atoms with van der Waals surface area (Å²) in [5, 5.41) is 11.7. The number of para-hydroxylation sites is 1. The molecule has 1 atom stereocenters. The zero-order valence-electron chi connectivity index (χ0n) is 9.56. The molecule has 0 aromatic heterocycles. The van der Waals surface area contributed by atoms with Gasteiger partial charge < -0.3 is 15.2 Å². The lowest BCUT2D eigenvalue weighted by atomic mass is 10.1. The fraction of sp³-hybridized carbons (Fsp3) is 0.417. The largest absolute Gasteiger partial charge is 0.496 e. The molecule has 88 valence electrons. The van der Waals surface area contributed by atoms with Gasteiger partial charge in [-0.3, -0.25) is 4.79 Å². The molecular formula is C12H17NO3. The molecule has 4 heteroatoms. The van der Waals surface area contributed by atoms with Crippen molar-refractivity contribution >= 4 is 5.91 Å². The molecule has 1 aromatic carbocycles. The van der Waals surface area contributed by atoms with Gasteiger partial charge in [-0.1, -0.05) is 18.2 Å². The molecule has 0 unspecified atom stereocenters. The van der Waals surface area contributed by atoms with Crippen LogP contribution >= 0.6 is 0 Å². The van der Waals surface area contributed by atoms with Crippen molar-refractivity contribution in [2.45, 2.75) is 19.4 Å². The molecular weight excluding hydrogens is 206 g/mol. The Morgan fingerprint density at radius 3 is 2.81 bits per heavy atom. The standard InChI is InChI=1S/C12H17NO3/c1-9(14)8-13-12(15)7-10-5-3-4-6-11(10)16-2/h3-6,9,14H,7-8H2,1-2H3,(H,13,15)/t9-/m0/s1. The SMILES string of the molecule is COc1ccccc1CC(=O)NC[C@H](C)O. The summed E-state index contributed by atoms with van der Waals surface area (Å²) in [7, 11) is 1.58. The summed E-state index contributed by atoms with van der Waals surface area (Å²) in [6.45, 7) is 1.90. The molecule has 0 saturated carbocycles. The fourth-order valence-corrected chi connectivity index (χ4v) is 1.35. The lowest BCUT2D eigenvalue weighted by Gasteiger charge is -2.09. The van der Waals surface area contributed by atoms with Gasteiger partial charge in [0.05, 0.1) is 19.6 Å². The molecule has 16 heavy (non-hydrogen) atoms. The summed E-state index contributed by atoms with van der Waals surface area (Å²) in [4.78, 5) is 11.5. The molecule has 0 heterocycles. The number of aliphatic hydroxyl groups excluding tert-OH is 1. The van der Waals surface area contributed by atoms with Gasteiger partial charge in [0.2, 0.25) is 5.91 Å². The van der Waals surface area contributed by atoms with Crippen LogP contribution in [0.4, 0.5) is 0 Å². The van der Waals surface area contributed by atoms with Crippen LogP contribution in [0.25, 0.3) is 0 Å². The van der Waals surface area contributed by atoms with Crippen LogP contribution in [0, 0.1) is 0 Å². The summed E-state index contributed by atoms with van der Waals surface area (Å²) < 4.78 is 5.14. The Morgan fingerprint density at radius 1 is 1.50 bits per heavy atom. The van der Waals surface area contributed by atoms with Gasteiger partial charge in [0.15, 0.2) is 0 Å². The van der Waals surface area contributed by atoms with E-state index in [9.17, 15) is 4.79 Å². The molecule has 2 N–H and O–H groups in total. The Balaban J connectivity index is 2.55. The minimum absolute atomic E-state index is 0.120. The van der Waals surface area contributed by atoms with Crippen LogP contribution in [-0.4, -0.2) is 30.8 Å². The normalized spacial score (nSPS) is 11.9. The van der Waals surface area contributed by atoms with Crippen LogP contribution in [-0.2, 0) is 11.2 Å². The van der Waals surface area contributed by atoms with Crippen molar-refractivity contribution in [1.29, 1.82) is 0 Å². The highest BCUT2D eigenvalue weighted by molar-refractivity contribution is 5.79. The Morgan fingerprint density at radius 2 is 2.19 bits per heavy atom. The zero-order valence-corrected chi connectivity index (χ0v) is 9.56. The van der Waals surface area contributed by atoms with Gasteiger partial charge in [0, 0.05) is 12.1 Å². The predicted octanol–water partition coefficient (Wildman–Crippen LogP) is 0.735. The van der Waals surface area contributed by atoms with Crippen molar-refractivity contribution in [1.82, 2.24) is 5.32 Å². The molecule has 1 amide bonds. The molecule has 0 aliphatic heterocycles. The monoisotopic (exact) mass is 223 g/mol. The second-order valence-electron chi connectivity index (χ2n) is 3.64. The number of carbonyl (C=O) groups excluding carboxylic acids is 1. The maximum absolute atomic E-state index is 11.5. The van der Waals surface area contributed by atoms with E-state index < -0.39 is 6.10 Å². The summed E-state index contributed by atoms with van der Waals surface area (Å²) in [6, 6.07) is 7.38. The van der Waals surface area contributed by atoms with Gasteiger partial charge in [-0.25, -0.2) is 0 Å². The van der Waals surface area contributed by atoms with Gasteiger partial charge in [0.1, 0.15) is 5.75 Å². The number of carbonyl (C=O) groups is 1. The highest BCUT2D eigenvalue weighted by Gasteiger charge is 2.08. The topological polar surface area (TPSA) is 58.6 Å². The number of hydrogen-bond donors (Lipinski definition) is 2. The summed E-state index contributed by atoms with van der Waals surface area (Å²) in [5.74, 6) is 0.583. The first-order valence-electron chi connectivity index (χ1n) is 5.20. The number of hydrogen-bond acceptors (Lipinski definition) is 3. The fourth-order valence-electron chi connectivity index (χ4n) is 1.35. The van der Waals surface area contributed by atoms with Crippen molar-refractivity contribution in [3.63, 3.8) is 0 Å². The molecule has 0 radical (unpaired) electrons. The number of rotatable bonds is 5. The summed E-state index contributed by atoms with van der Waals surface area (Å²) in [5.41, 5.74) is 0.841. The number of nitrogens with one attached hydrogen (secondary N) is 1. The molecule has 0 spiro atoms. The van der Waals surface area contributed by atoms with Gasteiger partial charge in [-0.15, -0.1) is 0 Å². The molecule has 1 aromatic rings. The highest BCUT2D eigenvalue weighted by Crippen LogP contribution is 2.17. The van der Waals surface area contributed by atoms with E-state index in [2.05, 4.69) is 5.32 Å². The molecule has 0 fully saturated rings. The van der Waals surface area contributed by atoms with E-state index >= 15 is 0 Å². The molecule has 4 nitrogen and oxygen atoms in total. The lowest BCUT2D eigenvalue weighted by molar-refractivity contribution is -0.120. The Hall–Kier alpha value is -1.55. The molecule has 1 rings (SSSR count). The summed E-state index contributed by atoms with van der Waals surface area (Å²) in [6.07, 6.45) is -0.266. The lowest BCUT2D eigenvalue weighted by Crippen LogP contribution is -2.31. The van der Waals surface area contributed by atoms with Crippen molar-refractivity contribution in [2.75, 3.05) is 13.7 Å². The first kappa shape index (κ1) is 12.5. The number of methoxy groups -OCH3 is 1. The molecule has 0 bridgehead atoms. The average molecular weight is 223 g/mol. The van der Waals surface area contributed by atoms with E-state index in [1.165, 1.54) is 0 Å². The van der Waals surface area contributed by atoms with Gasteiger partial charge in [-0.05, 0) is 13.0 Å². The number of amides is 1. The van der Waals surface area contributed by atoms with Crippen LogP contribution in [0.1, 0.15) is 12.5 Å². The Bertz CT molecular complexity index is 350. The van der Waals surface area contributed by atoms with Crippen LogP contribution in [0.15, 0.2) is 24.3 Å². The summed E-state index contributed by atoms with van der Waals surface area (Å²) >= 11 is 0. The van der Waals surface area contributed by atoms with Gasteiger partial charge >= 0.3 is 0 Å². The van der Waals surface area contributed by atoms with Crippen molar-refractivity contribution < 1.29 is 14.6 Å². The van der Waals surface area contributed by atoms with E-state index in [-0.39, 0.29) is 18.9 Å². The van der Waals surface area contributed by atoms with Gasteiger partial charge in [0.25, 0.3) is 0 Å². The molecule has 0 aliphatic carbocycles. The van der Waals surface area contributed by atoms with E-state index in [4.69, 9.17) is 9.84 Å². The highest BCUT2D eigenvalue weighted by atomic mass is 16.5. The van der Waals surface area contributed by atoms with Crippen molar-refractivity contribution in [2.24, 2.45) is 0 Å². The van der Waals surface area contributed by atoms with Crippen LogP contribution in [0.5, 0.6) is 5.75 Å². The third kappa shape index (κ3) is 3.90. The average Bonchev–Trinajstić information content (AvgIpc) is 2.27. The Labute approximate surface area is 95.2 Å². The van der Waals surface area contributed by atoms with Crippen LogP contribution in [0.3, 0.4) is 0 Å². The third-order valence-electron chi connectivity index (χ3n) is 2.14. The first-order chi connectivity index (χ1) is 7.63. The zero-order chi connectivity index (χ0) is 12.0. The van der Waals surface area contributed by atoms with Crippen LogP contribution in [0.2, 0.25) is 0 Å². The van der Waals surface area contributed by atoms with E-state index in [0.717, 1.165) is 5.56 Å². The minimum atomic E-state index is -0.526. The Kier molecular flexibility index (Phi) is 4.79. The molecule has 0 aliphatic rings. The first-order valence-corrected chi connectivity index (χ1v) is 5.20. The predicted molar refractivity (Wildman–Crippen MR) is 61.4 cm³/mol. The quantitative estimate of drug-likeness (QED) is 0.774. The van der Waals surface area contributed by atoms with Crippen molar-refractivity contribution in [3.8, 4) is 5.75 Å². The van der Waals surface area contributed by atoms with Gasteiger partial charge in [-0.2, -0.15) is 0 Å². The second-order valence-corrected chi connectivity index (χ2v) is 3.64. The number of ether oxygens (including phenoxy) is 1. The maximum atomic E-state index is 11.5. The second kappa shape index (κ2) is 6.12. The van der Waals surface area contributed by atoms with E-state index in [1.807, 2.05) is 24.3 Å². The third-order valence-corrected chi connectivity index (χ3v) is 2.14. The van der Waals surface area contributed by atoms with Crippen LogP contribution < -0.4 is 10.1 Å². The van der Waals surface area contributed by atoms with E-state index in [0.29, 0.717) is 5.75 Å². The number of aliphatic hydroxyl groups is 1. The maximum Gasteiger partial charge on any atom is 0.224 e. The number of benzene rings is 1. The molecule has 0 saturated heterocycles. The smallest absolute Gasteiger partial charge is 0.224 e. The minimum Gasteiger partial charge on any atom is -0.496 e. The van der Waals surface area contributed by atoms with Crippen molar-refractivity contribution in [3.05, 3.63) is 29.8 Å².